The van der Waals surface area contributed by atoms with Crippen molar-refractivity contribution in [1.82, 2.24) is 9.80 Å². The Morgan fingerprint density at radius 2 is 2.00 bits per heavy atom. The molecule has 0 spiro atoms. The quantitative estimate of drug-likeness (QED) is 0.906. The van der Waals surface area contributed by atoms with Gasteiger partial charge >= 0.3 is 0 Å². The van der Waals surface area contributed by atoms with Crippen LogP contribution in [0.15, 0.2) is 24.3 Å². The Bertz CT molecular complexity index is 418. The summed E-state index contributed by atoms with van der Waals surface area (Å²) in [5.74, 6) is 0. The molecule has 0 aliphatic carbocycles. The van der Waals surface area contributed by atoms with Crippen LogP contribution < -0.4 is 5.73 Å². The van der Waals surface area contributed by atoms with E-state index in [9.17, 15) is 0 Å². The summed E-state index contributed by atoms with van der Waals surface area (Å²) in [6, 6.07) is 9.25. The van der Waals surface area contributed by atoms with E-state index >= 15 is 0 Å². The van der Waals surface area contributed by atoms with Crippen LogP contribution in [0.4, 0.5) is 0 Å². The van der Waals surface area contributed by atoms with Gasteiger partial charge in [-0.2, -0.15) is 0 Å². The maximum Gasteiger partial charge on any atom is 0.0499 e. The lowest BCUT2D eigenvalue weighted by atomic mass is 9.96. The van der Waals surface area contributed by atoms with Crippen LogP contribution in [0.1, 0.15) is 31.4 Å². The van der Waals surface area contributed by atoms with Crippen molar-refractivity contribution in [2.24, 2.45) is 5.73 Å². The van der Waals surface area contributed by atoms with Crippen LogP contribution in [0.2, 0.25) is 5.02 Å². The largest absolute Gasteiger partial charge is 0.326 e. The van der Waals surface area contributed by atoms with Crippen LogP contribution in [-0.2, 0) is 0 Å². The number of halogens is 1. The normalized spacial score (nSPS) is 23.2. The molecule has 0 saturated carbocycles. The zero-order valence-electron chi connectivity index (χ0n) is 12.7. The number of likely N-dealkylation sites (N-methyl/N-ethyl adjacent to an activating group) is 1. The van der Waals surface area contributed by atoms with Crippen LogP contribution in [-0.4, -0.2) is 49.1 Å². The topological polar surface area (TPSA) is 32.5 Å². The predicted molar refractivity (Wildman–Crippen MR) is 86.1 cm³/mol. The van der Waals surface area contributed by atoms with Crippen molar-refractivity contribution in [3.8, 4) is 0 Å². The molecule has 1 fully saturated rings. The number of rotatable bonds is 5. The molecule has 3 unspecified atom stereocenters. The molecule has 0 bridgehead atoms. The van der Waals surface area contributed by atoms with E-state index in [4.69, 9.17) is 17.3 Å². The zero-order valence-corrected chi connectivity index (χ0v) is 13.5. The van der Waals surface area contributed by atoms with Crippen LogP contribution in [0.3, 0.4) is 0 Å². The van der Waals surface area contributed by atoms with E-state index < -0.39 is 0 Å². The first-order valence-electron chi connectivity index (χ1n) is 7.44. The minimum atomic E-state index is 0.164. The van der Waals surface area contributed by atoms with Gasteiger partial charge in [-0.15, -0.1) is 0 Å². The fourth-order valence-electron chi connectivity index (χ4n) is 3.05. The van der Waals surface area contributed by atoms with Gasteiger partial charge in [0.2, 0.25) is 0 Å². The van der Waals surface area contributed by atoms with Crippen molar-refractivity contribution in [2.75, 3.05) is 27.2 Å². The van der Waals surface area contributed by atoms with Crippen molar-refractivity contribution >= 4 is 11.6 Å². The van der Waals surface area contributed by atoms with Crippen molar-refractivity contribution in [3.05, 3.63) is 34.9 Å². The van der Waals surface area contributed by atoms with Crippen molar-refractivity contribution in [1.29, 1.82) is 0 Å². The molecule has 1 aromatic carbocycles. The highest BCUT2D eigenvalue weighted by atomic mass is 35.5. The third kappa shape index (κ3) is 3.53. The minimum absolute atomic E-state index is 0.164. The lowest BCUT2D eigenvalue weighted by Crippen LogP contribution is -2.41. The second kappa shape index (κ2) is 6.90. The Morgan fingerprint density at radius 1 is 1.35 bits per heavy atom. The standard InChI is InChI=1S/C16H26ClN3/c1-4-15(18)16(12-5-7-13(17)8-6-12)20-10-9-14(11-20)19(2)3/h5-8,14-16H,4,9-11,18H2,1-3H3. The Balaban J connectivity index is 2.18. The average Bonchev–Trinajstić information content (AvgIpc) is 2.90. The lowest BCUT2D eigenvalue weighted by molar-refractivity contribution is 0.190. The van der Waals surface area contributed by atoms with Gasteiger partial charge in [-0.05, 0) is 44.6 Å². The molecule has 4 heteroatoms. The van der Waals surface area contributed by atoms with Gasteiger partial charge in [-0.25, -0.2) is 0 Å². The smallest absolute Gasteiger partial charge is 0.0499 e. The van der Waals surface area contributed by atoms with E-state index in [1.165, 1.54) is 12.0 Å². The van der Waals surface area contributed by atoms with Gasteiger partial charge in [-0.3, -0.25) is 4.90 Å². The van der Waals surface area contributed by atoms with Gasteiger partial charge in [0.15, 0.2) is 0 Å². The molecule has 1 aliphatic heterocycles. The van der Waals surface area contributed by atoms with Crippen LogP contribution >= 0.6 is 11.6 Å². The number of hydrogen-bond acceptors (Lipinski definition) is 3. The summed E-state index contributed by atoms with van der Waals surface area (Å²) in [6.45, 7) is 4.37. The second-order valence-electron chi connectivity index (χ2n) is 5.97. The van der Waals surface area contributed by atoms with Crippen LogP contribution in [0, 0.1) is 0 Å². The number of hydrogen-bond donors (Lipinski definition) is 1. The molecule has 0 aromatic heterocycles. The lowest BCUT2D eigenvalue weighted by Gasteiger charge is -2.33. The fourth-order valence-corrected chi connectivity index (χ4v) is 3.18. The summed E-state index contributed by atoms with van der Waals surface area (Å²) >= 11 is 6.00. The summed E-state index contributed by atoms with van der Waals surface area (Å²) in [7, 11) is 4.32. The molecule has 3 atom stereocenters. The van der Waals surface area contributed by atoms with Crippen molar-refractivity contribution in [3.63, 3.8) is 0 Å². The second-order valence-corrected chi connectivity index (χ2v) is 6.41. The predicted octanol–water partition coefficient (Wildman–Crippen LogP) is 2.75. The molecule has 0 radical (unpaired) electrons. The Hall–Kier alpha value is -0.610. The highest BCUT2D eigenvalue weighted by Crippen LogP contribution is 2.30. The average molecular weight is 296 g/mol. The van der Waals surface area contributed by atoms with E-state index in [0.717, 1.165) is 24.5 Å². The highest BCUT2D eigenvalue weighted by molar-refractivity contribution is 6.30. The van der Waals surface area contributed by atoms with Gasteiger partial charge in [0, 0.05) is 36.2 Å². The van der Waals surface area contributed by atoms with Gasteiger partial charge < -0.3 is 10.6 Å². The molecule has 0 amide bonds. The number of nitrogens with two attached hydrogens (primary N) is 1. The molecule has 1 aliphatic rings. The zero-order chi connectivity index (χ0) is 14.7. The van der Waals surface area contributed by atoms with E-state index in [0.29, 0.717) is 12.1 Å². The van der Waals surface area contributed by atoms with Crippen molar-refractivity contribution in [2.45, 2.75) is 37.9 Å². The number of nitrogens with zero attached hydrogens (tertiary/aromatic N) is 2. The van der Waals surface area contributed by atoms with E-state index in [-0.39, 0.29) is 6.04 Å². The minimum Gasteiger partial charge on any atom is -0.326 e. The monoisotopic (exact) mass is 295 g/mol. The number of benzene rings is 1. The Morgan fingerprint density at radius 3 is 2.50 bits per heavy atom. The molecule has 2 N–H and O–H groups in total. The molecule has 1 saturated heterocycles. The van der Waals surface area contributed by atoms with E-state index in [2.05, 4.69) is 43.0 Å². The third-order valence-electron chi connectivity index (χ3n) is 4.41. The molecule has 3 nitrogen and oxygen atoms in total. The number of likely N-dealkylation sites (tertiary alicyclic amines) is 1. The first-order valence-corrected chi connectivity index (χ1v) is 7.82. The summed E-state index contributed by atoms with van der Waals surface area (Å²) < 4.78 is 0. The van der Waals surface area contributed by atoms with Gasteiger partial charge in [0.05, 0.1) is 0 Å². The first-order chi connectivity index (χ1) is 9.52. The molecule has 2 rings (SSSR count). The summed E-state index contributed by atoms with van der Waals surface area (Å²) in [5, 5.41) is 0.783. The van der Waals surface area contributed by atoms with Crippen LogP contribution in [0.25, 0.3) is 0 Å². The third-order valence-corrected chi connectivity index (χ3v) is 4.66. The molecule has 112 valence electrons. The first kappa shape index (κ1) is 15.8. The Kier molecular flexibility index (Phi) is 5.44. The highest BCUT2D eigenvalue weighted by Gasteiger charge is 2.32. The van der Waals surface area contributed by atoms with Crippen LogP contribution in [0.5, 0.6) is 0 Å². The molecular formula is C16H26ClN3. The maximum absolute atomic E-state index is 6.40. The molecule has 1 aromatic rings. The Labute approximate surface area is 127 Å². The maximum atomic E-state index is 6.40. The van der Waals surface area contributed by atoms with Gasteiger partial charge in [0.25, 0.3) is 0 Å². The van der Waals surface area contributed by atoms with Gasteiger partial charge in [-0.1, -0.05) is 30.7 Å². The summed E-state index contributed by atoms with van der Waals surface area (Å²) in [6.07, 6.45) is 2.20. The summed E-state index contributed by atoms with van der Waals surface area (Å²) in [4.78, 5) is 4.85. The van der Waals surface area contributed by atoms with E-state index in [1.54, 1.807) is 0 Å². The molecule has 20 heavy (non-hydrogen) atoms. The SMILES string of the molecule is CCC(N)C(c1ccc(Cl)cc1)N1CCC(N(C)C)C1. The fraction of sp³-hybridized carbons (Fsp3) is 0.625. The van der Waals surface area contributed by atoms with Gasteiger partial charge in [0.1, 0.15) is 0 Å². The summed E-state index contributed by atoms with van der Waals surface area (Å²) in [5.41, 5.74) is 7.68. The van der Waals surface area contributed by atoms with Crippen molar-refractivity contribution < 1.29 is 0 Å². The molecule has 1 heterocycles. The van der Waals surface area contributed by atoms with E-state index in [1.807, 2.05) is 12.1 Å². The molecular weight excluding hydrogens is 270 g/mol.